The number of fused-ring (bicyclic) bond motifs is 1. The van der Waals surface area contributed by atoms with Gasteiger partial charge in [0.1, 0.15) is 6.04 Å². The molecule has 0 aromatic heterocycles. The Labute approximate surface area is 153 Å². The third-order valence-corrected chi connectivity index (χ3v) is 4.31. The van der Waals surface area contributed by atoms with E-state index >= 15 is 0 Å². The topological polar surface area (TPSA) is 87.3 Å². The lowest BCUT2D eigenvalue weighted by molar-refractivity contribution is -0.118. The molecule has 0 aliphatic carbocycles. The minimum Gasteiger partial charge on any atom is -0.340 e. The standard InChI is InChI=1S/C18H16BrN3O3/c19-11-4-3-5-12(10-11)20-16(23)9-8-15-18(25)21-14-7-2-1-6-13(14)17(24)22-15/h1-7,10,15H,8-9H2,(H,20,23)(H,21,25)(H,22,24)/t15-/m1/s1. The Morgan fingerprint density at radius 1 is 1.12 bits per heavy atom. The van der Waals surface area contributed by atoms with Crippen molar-refractivity contribution in [2.45, 2.75) is 18.9 Å². The van der Waals surface area contributed by atoms with E-state index in [4.69, 9.17) is 0 Å². The van der Waals surface area contributed by atoms with Gasteiger partial charge in [0.15, 0.2) is 0 Å². The van der Waals surface area contributed by atoms with E-state index in [1.54, 1.807) is 36.4 Å². The molecular weight excluding hydrogens is 386 g/mol. The van der Waals surface area contributed by atoms with Crippen LogP contribution in [0.2, 0.25) is 0 Å². The lowest BCUT2D eigenvalue weighted by Gasteiger charge is -2.14. The molecule has 0 saturated heterocycles. The molecule has 1 aliphatic heterocycles. The number of carbonyl (C=O) groups excluding carboxylic acids is 3. The van der Waals surface area contributed by atoms with Gasteiger partial charge in [-0.1, -0.05) is 34.1 Å². The first-order valence-corrected chi connectivity index (χ1v) is 8.58. The first-order valence-electron chi connectivity index (χ1n) is 7.79. The quantitative estimate of drug-likeness (QED) is 0.735. The van der Waals surface area contributed by atoms with Crippen molar-refractivity contribution in [3.05, 3.63) is 58.6 Å². The summed E-state index contributed by atoms with van der Waals surface area (Å²) in [5.41, 5.74) is 1.56. The molecule has 0 bridgehead atoms. The van der Waals surface area contributed by atoms with Crippen molar-refractivity contribution in [3.63, 3.8) is 0 Å². The van der Waals surface area contributed by atoms with Gasteiger partial charge in [0.05, 0.1) is 11.3 Å². The van der Waals surface area contributed by atoms with Crippen LogP contribution in [0.15, 0.2) is 53.0 Å². The maximum absolute atomic E-state index is 12.3. The molecule has 1 atom stereocenters. The van der Waals surface area contributed by atoms with Gasteiger partial charge in [0.2, 0.25) is 11.8 Å². The molecule has 2 aromatic rings. The summed E-state index contributed by atoms with van der Waals surface area (Å²) in [4.78, 5) is 36.6. The summed E-state index contributed by atoms with van der Waals surface area (Å²) >= 11 is 3.34. The van der Waals surface area contributed by atoms with Crippen molar-refractivity contribution in [2.24, 2.45) is 0 Å². The Balaban J connectivity index is 1.61. The largest absolute Gasteiger partial charge is 0.340 e. The lowest BCUT2D eigenvalue weighted by Crippen LogP contribution is -2.41. The minimum atomic E-state index is -0.756. The molecule has 25 heavy (non-hydrogen) atoms. The van der Waals surface area contributed by atoms with Gasteiger partial charge in [-0.25, -0.2) is 0 Å². The number of benzene rings is 2. The van der Waals surface area contributed by atoms with Crippen molar-refractivity contribution in [2.75, 3.05) is 10.6 Å². The smallest absolute Gasteiger partial charge is 0.254 e. The van der Waals surface area contributed by atoms with Crippen LogP contribution in [0.5, 0.6) is 0 Å². The average Bonchev–Trinajstić information content (AvgIpc) is 2.70. The first-order chi connectivity index (χ1) is 12.0. The van der Waals surface area contributed by atoms with Crippen molar-refractivity contribution >= 4 is 45.0 Å². The van der Waals surface area contributed by atoms with Crippen LogP contribution >= 0.6 is 15.9 Å². The monoisotopic (exact) mass is 401 g/mol. The Hall–Kier alpha value is -2.67. The molecule has 1 heterocycles. The predicted octanol–water partition coefficient (Wildman–Crippen LogP) is 2.92. The number of anilines is 2. The highest BCUT2D eigenvalue weighted by atomic mass is 79.9. The Bertz CT molecular complexity index is 838. The van der Waals surface area contributed by atoms with Gasteiger partial charge in [-0.3, -0.25) is 14.4 Å². The second-order valence-corrected chi connectivity index (χ2v) is 6.57. The van der Waals surface area contributed by atoms with E-state index in [0.29, 0.717) is 16.9 Å². The van der Waals surface area contributed by atoms with Crippen molar-refractivity contribution in [1.82, 2.24) is 5.32 Å². The fraction of sp³-hybridized carbons (Fsp3) is 0.167. The molecule has 0 saturated carbocycles. The van der Waals surface area contributed by atoms with Crippen LogP contribution in [0.3, 0.4) is 0 Å². The van der Waals surface area contributed by atoms with Crippen molar-refractivity contribution < 1.29 is 14.4 Å². The number of carbonyl (C=O) groups is 3. The van der Waals surface area contributed by atoms with Crippen LogP contribution in [0, 0.1) is 0 Å². The summed E-state index contributed by atoms with van der Waals surface area (Å²) < 4.78 is 0.860. The van der Waals surface area contributed by atoms with Crippen molar-refractivity contribution in [3.8, 4) is 0 Å². The van der Waals surface area contributed by atoms with E-state index in [9.17, 15) is 14.4 Å². The minimum absolute atomic E-state index is 0.112. The second kappa shape index (κ2) is 7.48. The molecule has 3 amide bonds. The molecular formula is C18H16BrN3O3. The van der Waals surface area contributed by atoms with Crippen LogP contribution in [-0.4, -0.2) is 23.8 Å². The van der Waals surface area contributed by atoms with E-state index < -0.39 is 6.04 Å². The zero-order valence-corrected chi connectivity index (χ0v) is 14.8. The SMILES string of the molecule is O=C(CC[C@H]1NC(=O)c2ccccc2NC1=O)Nc1cccc(Br)c1. The molecule has 0 spiro atoms. The molecule has 3 N–H and O–H groups in total. The van der Waals surface area contributed by atoms with Crippen LogP contribution in [0.4, 0.5) is 11.4 Å². The summed E-state index contributed by atoms with van der Waals surface area (Å²) in [6, 6.07) is 13.3. The van der Waals surface area contributed by atoms with Crippen LogP contribution in [0.25, 0.3) is 0 Å². The summed E-state index contributed by atoms with van der Waals surface area (Å²) in [6.07, 6.45) is 0.326. The summed E-state index contributed by atoms with van der Waals surface area (Å²) in [5.74, 6) is -0.873. The molecule has 2 aromatic carbocycles. The van der Waals surface area contributed by atoms with Gasteiger partial charge >= 0.3 is 0 Å². The van der Waals surface area contributed by atoms with Crippen LogP contribution in [-0.2, 0) is 9.59 Å². The third kappa shape index (κ3) is 4.24. The maximum Gasteiger partial charge on any atom is 0.254 e. The van der Waals surface area contributed by atoms with Gasteiger partial charge in [-0.15, -0.1) is 0 Å². The van der Waals surface area contributed by atoms with Gasteiger partial charge in [0, 0.05) is 16.6 Å². The first kappa shape index (κ1) is 17.2. The Morgan fingerprint density at radius 2 is 1.92 bits per heavy atom. The van der Waals surface area contributed by atoms with Crippen molar-refractivity contribution in [1.29, 1.82) is 0 Å². The second-order valence-electron chi connectivity index (χ2n) is 5.66. The van der Waals surface area contributed by atoms with Gasteiger partial charge in [0.25, 0.3) is 5.91 Å². The lowest BCUT2D eigenvalue weighted by atomic mass is 10.1. The molecule has 0 radical (unpaired) electrons. The van der Waals surface area contributed by atoms with Crippen LogP contribution in [0.1, 0.15) is 23.2 Å². The highest BCUT2D eigenvalue weighted by molar-refractivity contribution is 9.10. The van der Waals surface area contributed by atoms with Gasteiger partial charge in [-0.05, 0) is 36.8 Å². The summed E-state index contributed by atoms with van der Waals surface area (Å²) in [7, 11) is 0. The van der Waals surface area contributed by atoms with E-state index in [1.165, 1.54) is 0 Å². The zero-order valence-electron chi connectivity index (χ0n) is 13.2. The number of halogens is 1. The number of amides is 3. The van der Waals surface area contributed by atoms with Crippen LogP contribution < -0.4 is 16.0 Å². The highest BCUT2D eigenvalue weighted by Crippen LogP contribution is 2.20. The fourth-order valence-electron chi connectivity index (χ4n) is 2.58. The summed E-state index contributed by atoms with van der Waals surface area (Å²) in [6.45, 7) is 0. The number of rotatable bonds is 4. The molecule has 0 fully saturated rings. The number of hydrogen-bond acceptors (Lipinski definition) is 3. The normalized spacial score (nSPS) is 16.3. The highest BCUT2D eigenvalue weighted by Gasteiger charge is 2.27. The average molecular weight is 402 g/mol. The number of nitrogens with one attached hydrogen (secondary N) is 3. The van der Waals surface area contributed by atoms with E-state index in [2.05, 4.69) is 31.9 Å². The summed E-state index contributed by atoms with van der Waals surface area (Å²) in [5, 5.41) is 8.17. The van der Waals surface area contributed by atoms with Gasteiger partial charge in [-0.2, -0.15) is 0 Å². The number of para-hydroxylation sites is 1. The fourth-order valence-corrected chi connectivity index (χ4v) is 2.98. The van der Waals surface area contributed by atoms with E-state index in [1.807, 2.05) is 12.1 Å². The third-order valence-electron chi connectivity index (χ3n) is 3.82. The number of hydrogen-bond donors (Lipinski definition) is 3. The Kier molecular flexibility index (Phi) is 5.14. The van der Waals surface area contributed by atoms with E-state index in [-0.39, 0.29) is 30.6 Å². The van der Waals surface area contributed by atoms with Gasteiger partial charge < -0.3 is 16.0 Å². The molecule has 1 aliphatic rings. The molecule has 0 unspecified atom stereocenters. The molecule has 7 heteroatoms. The zero-order chi connectivity index (χ0) is 17.8. The van der Waals surface area contributed by atoms with E-state index in [0.717, 1.165) is 4.47 Å². The Morgan fingerprint density at radius 3 is 2.72 bits per heavy atom. The molecule has 6 nitrogen and oxygen atoms in total. The predicted molar refractivity (Wildman–Crippen MR) is 98.3 cm³/mol. The molecule has 3 rings (SSSR count). The maximum atomic E-state index is 12.3. The molecule has 128 valence electrons.